The molecule has 27 heavy (non-hydrogen) atoms. The van der Waals surface area contributed by atoms with Gasteiger partial charge in [0.1, 0.15) is 0 Å². The van der Waals surface area contributed by atoms with Crippen molar-refractivity contribution in [1.82, 2.24) is 4.90 Å². The second-order valence-electron chi connectivity index (χ2n) is 7.04. The van der Waals surface area contributed by atoms with E-state index in [0.717, 1.165) is 24.8 Å². The Morgan fingerprint density at radius 3 is 2.41 bits per heavy atom. The normalized spacial score (nSPS) is 11.5. The van der Waals surface area contributed by atoms with Crippen LogP contribution in [0.5, 0.6) is 11.5 Å². The molecular weight excluding hydrogens is 366 g/mol. The van der Waals surface area contributed by atoms with Gasteiger partial charge in [0.05, 0.1) is 12.9 Å². The standard InChI is InChI=1S/C20H33NO5S/c1-6-8-9-10-20(22)21(14-16(3)4)15-17-11-12-18(25-5)19(13-17)26-27(23,24)7-2/h11-13,16H,6-10,14-15H2,1-5H3. The van der Waals surface area contributed by atoms with Crippen LogP contribution in [0.25, 0.3) is 0 Å². The van der Waals surface area contributed by atoms with Crippen LogP contribution in [-0.4, -0.2) is 38.6 Å². The van der Waals surface area contributed by atoms with E-state index in [2.05, 4.69) is 20.8 Å². The zero-order valence-corrected chi connectivity index (χ0v) is 18.0. The lowest BCUT2D eigenvalue weighted by Gasteiger charge is -2.25. The summed E-state index contributed by atoms with van der Waals surface area (Å²) >= 11 is 0. The fraction of sp³-hybridized carbons (Fsp3) is 0.650. The first-order valence-corrected chi connectivity index (χ1v) is 11.2. The summed E-state index contributed by atoms with van der Waals surface area (Å²) < 4.78 is 34.0. The molecule has 0 aliphatic heterocycles. The second kappa shape index (κ2) is 11.2. The number of unbranched alkanes of at least 4 members (excludes halogenated alkanes) is 2. The second-order valence-corrected chi connectivity index (χ2v) is 8.90. The molecule has 0 bridgehead atoms. The van der Waals surface area contributed by atoms with Gasteiger partial charge in [-0.2, -0.15) is 8.42 Å². The SMILES string of the molecule is CCCCCC(=O)N(Cc1ccc(OC)c(OS(=O)(=O)CC)c1)CC(C)C. The number of hydrogen-bond donors (Lipinski definition) is 0. The first kappa shape index (κ1) is 23.3. The molecule has 0 heterocycles. The number of ether oxygens (including phenoxy) is 1. The molecule has 0 saturated carbocycles. The van der Waals surface area contributed by atoms with Crippen molar-refractivity contribution in [3.8, 4) is 11.5 Å². The molecule has 0 spiro atoms. The zero-order chi connectivity index (χ0) is 20.4. The Morgan fingerprint density at radius 2 is 1.85 bits per heavy atom. The molecule has 1 aromatic carbocycles. The number of hydrogen-bond acceptors (Lipinski definition) is 5. The summed E-state index contributed by atoms with van der Waals surface area (Å²) in [5.74, 6) is 0.835. The maximum atomic E-state index is 12.6. The van der Waals surface area contributed by atoms with Crippen molar-refractivity contribution in [1.29, 1.82) is 0 Å². The largest absolute Gasteiger partial charge is 0.493 e. The quantitative estimate of drug-likeness (QED) is 0.392. The number of benzene rings is 1. The monoisotopic (exact) mass is 399 g/mol. The summed E-state index contributed by atoms with van der Waals surface area (Å²) in [6, 6.07) is 5.14. The average molecular weight is 400 g/mol. The average Bonchev–Trinajstić information content (AvgIpc) is 2.61. The van der Waals surface area contributed by atoms with Crippen LogP contribution >= 0.6 is 0 Å². The smallest absolute Gasteiger partial charge is 0.309 e. The van der Waals surface area contributed by atoms with Crippen molar-refractivity contribution in [3.05, 3.63) is 23.8 Å². The van der Waals surface area contributed by atoms with Gasteiger partial charge >= 0.3 is 10.1 Å². The highest BCUT2D eigenvalue weighted by Gasteiger charge is 2.18. The van der Waals surface area contributed by atoms with E-state index in [4.69, 9.17) is 8.92 Å². The Bertz CT molecular complexity index is 700. The van der Waals surface area contributed by atoms with Gasteiger partial charge < -0.3 is 13.8 Å². The van der Waals surface area contributed by atoms with Crippen molar-refractivity contribution in [2.45, 2.75) is 59.9 Å². The Morgan fingerprint density at radius 1 is 1.15 bits per heavy atom. The Labute approximate surface area is 164 Å². The molecule has 1 rings (SSSR count). The first-order valence-electron chi connectivity index (χ1n) is 9.59. The molecule has 0 fully saturated rings. The van der Waals surface area contributed by atoms with Gasteiger partial charge in [0.2, 0.25) is 5.91 Å². The summed E-state index contributed by atoms with van der Waals surface area (Å²) in [6.07, 6.45) is 3.53. The highest BCUT2D eigenvalue weighted by molar-refractivity contribution is 7.87. The minimum absolute atomic E-state index is 0.122. The third kappa shape index (κ3) is 8.20. The lowest BCUT2D eigenvalue weighted by atomic mass is 10.1. The van der Waals surface area contributed by atoms with Crippen LogP contribution in [0.4, 0.5) is 0 Å². The third-order valence-electron chi connectivity index (χ3n) is 4.10. The minimum Gasteiger partial charge on any atom is -0.493 e. The zero-order valence-electron chi connectivity index (χ0n) is 17.2. The van der Waals surface area contributed by atoms with Gasteiger partial charge in [0.25, 0.3) is 0 Å². The fourth-order valence-corrected chi connectivity index (χ4v) is 3.20. The molecule has 6 nitrogen and oxygen atoms in total. The van der Waals surface area contributed by atoms with Gasteiger partial charge in [-0.15, -0.1) is 0 Å². The number of nitrogens with zero attached hydrogens (tertiary/aromatic N) is 1. The van der Waals surface area contributed by atoms with Crippen molar-refractivity contribution in [3.63, 3.8) is 0 Å². The van der Waals surface area contributed by atoms with E-state index < -0.39 is 10.1 Å². The van der Waals surface area contributed by atoms with Gasteiger partial charge in [-0.05, 0) is 37.0 Å². The van der Waals surface area contributed by atoms with Crippen LogP contribution < -0.4 is 8.92 Å². The number of amides is 1. The maximum absolute atomic E-state index is 12.6. The van der Waals surface area contributed by atoms with E-state index in [-0.39, 0.29) is 17.4 Å². The van der Waals surface area contributed by atoms with Gasteiger partial charge in [-0.1, -0.05) is 39.7 Å². The molecule has 1 amide bonds. The van der Waals surface area contributed by atoms with Crippen LogP contribution in [0.15, 0.2) is 18.2 Å². The Kier molecular flexibility index (Phi) is 9.63. The van der Waals surface area contributed by atoms with E-state index in [1.807, 2.05) is 11.0 Å². The van der Waals surface area contributed by atoms with Gasteiger partial charge in [0.15, 0.2) is 11.5 Å². The van der Waals surface area contributed by atoms with E-state index in [0.29, 0.717) is 31.2 Å². The summed E-state index contributed by atoms with van der Waals surface area (Å²) in [4.78, 5) is 14.4. The predicted octanol–water partition coefficient (Wildman–Crippen LogP) is 3.99. The van der Waals surface area contributed by atoms with E-state index >= 15 is 0 Å². The number of rotatable bonds is 12. The van der Waals surface area contributed by atoms with Crippen molar-refractivity contribution in [2.24, 2.45) is 5.92 Å². The van der Waals surface area contributed by atoms with Crippen LogP contribution in [0.3, 0.4) is 0 Å². The summed E-state index contributed by atoms with van der Waals surface area (Å²) in [6.45, 7) is 8.84. The molecule has 0 N–H and O–H groups in total. The molecule has 0 aromatic heterocycles. The maximum Gasteiger partial charge on any atom is 0.309 e. The lowest BCUT2D eigenvalue weighted by Crippen LogP contribution is -2.33. The lowest BCUT2D eigenvalue weighted by molar-refractivity contribution is -0.132. The molecule has 7 heteroatoms. The molecule has 0 aliphatic rings. The van der Waals surface area contributed by atoms with E-state index in [1.165, 1.54) is 14.0 Å². The fourth-order valence-electron chi connectivity index (χ4n) is 2.68. The number of methoxy groups -OCH3 is 1. The van der Waals surface area contributed by atoms with Gasteiger partial charge in [-0.3, -0.25) is 4.79 Å². The van der Waals surface area contributed by atoms with Gasteiger partial charge in [-0.25, -0.2) is 0 Å². The highest BCUT2D eigenvalue weighted by atomic mass is 32.2. The minimum atomic E-state index is -3.66. The topological polar surface area (TPSA) is 72.9 Å². The highest BCUT2D eigenvalue weighted by Crippen LogP contribution is 2.30. The van der Waals surface area contributed by atoms with Crippen molar-refractivity contribution in [2.75, 3.05) is 19.4 Å². The van der Waals surface area contributed by atoms with E-state index in [1.54, 1.807) is 12.1 Å². The molecule has 0 radical (unpaired) electrons. The third-order valence-corrected chi connectivity index (χ3v) is 5.24. The van der Waals surface area contributed by atoms with Gasteiger partial charge in [0, 0.05) is 19.5 Å². The molecule has 0 unspecified atom stereocenters. The molecule has 0 saturated heterocycles. The Hall–Kier alpha value is -1.76. The van der Waals surface area contributed by atoms with E-state index in [9.17, 15) is 13.2 Å². The van der Waals surface area contributed by atoms with Crippen LogP contribution in [0.1, 0.15) is 58.9 Å². The van der Waals surface area contributed by atoms with Crippen molar-refractivity contribution >= 4 is 16.0 Å². The summed E-state index contributed by atoms with van der Waals surface area (Å²) in [7, 11) is -2.20. The molecule has 154 valence electrons. The number of carbonyl (C=O) groups is 1. The summed E-state index contributed by atoms with van der Waals surface area (Å²) in [5, 5.41) is 0. The van der Waals surface area contributed by atoms with Crippen LogP contribution in [0.2, 0.25) is 0 Å². The number of carbonyl (C=O) groups excluding carboxylic acids is 1. The molecule has 0 aliphatic carbocycles. The van der Waals surface area contributed by atoms with Crippen LogP contribution in [-0.2, 0) is 21.5 Å². The van der Waals surface area contributed by atoms with Crippen molar-refractivity contribution < 1.29 is 22.1 Å². The molecule has 0 atom stereocenters. The first-order chi connectivity index (χ1) is 12.7. The summed E-state index contributed by atoms with van der Waals surface area (Å²) in [5.41, 5.74) is 0.807. The Balaban J connectivity index is 3.01. The molecular formula is C20H33NO5S. The molecule has 1 aromatic rings. The van der Waals surface area contributed by atoms with Crippen LogP contribution in [0, 0.1) is 5.92 Å². The predicted molar refractivity (Wildman–Crippen MR) is 107 cm³/mol.